The van der Waals surface area contributed by atoms with Gasteiger partial charge in [0, 0.05) is 12.4 Å². The highest BCUT2D eigenvalue weighted by Crippen LogP contribution is 2.49. The number of aryl methyl sites for hydroxylation is 1. The number of nitrogens with zero attached hydrogens (tertiary/aromatic N) is 1. The van der Waals surface area contributed by atoms with E-state index in [9.17, 15) is 13.2 Å². The smallest absolute Gasteiger partial charge is 0.303 e. The van der Waals surface area contributed by atoms with Crippen molar-refractivity contribution in [2.75, 3.05) is 11.5 Å². The highest BCUT2D eigenvalue weighted by atomic mass is 32.2. The van der Waals surface area contributed by atoms with Crippen LogP contribution in [0.1, 0.15) is 24.8 Å². The van der Waals surface area contributed by atoms with Crippen molar-refractivity contribution in [1.29, 1.82) is 0 Å². The molecule has 1 aromatic heterocycles. The number of sulfone groups is 1. The third kappa shape index (κ3) is 4.31. The largest absolute Gasteiger partial charge is 0.481 e. The molecule has 0 aromatic carbocycles. The Morgan fingerprint density at radius 3 is 2.47 bits per heavy atom. The summed E-state index contributed by atoms with van der Waals surface area (Å²) in [5.74, 6) is -0.850. The second-order valence-corrected chi connectivity index (χ2v) is 7.45. The molecule has 5 nitrogen and oxygen atoms in total. The molecular weight excluding hydrogens is 266 g/mol. The van der Waals surface area contributed by atoms with Crippen molar-refractivity contribution < 1.29 is 18.3 Å². The Kier molecular flexibility index (Phi) is 3.89. The Morgan fingerprint density at radius 2 is 1.95 bits per heavy atom. The van der Waals surface area contributed by atoms with Crippen LogP contribution in [0.4, 0.5) is 0 Å². The third-order valence-electron chi connectivity index (χ3n) is 3.46. The van der Waals surface area contributed by atoms with E-state index in [1.165, 1.54) is 0 Å². The molecule has 1 aromatic rings. The fourth-order valence-corrected chi connectivity index (χ4v) is 4.25. The molecule has 0 unspecified atom stereocenters. The number of carboxylic acid groups (broad SMARTS) is 1. The molecule has 1 N–H and O–H groups in total. The number of hydrogen-bond acceptors (Lipinski definition) is 4. The van der Waals surface area contributed by atoms with Crippen LogP contribution in [0, 0.1) is 5.41 Å². The molecule has 1 aliphatic rings. The minimum Gasteiger partial charge on any atom is -0.481 e. The molecule has 0 bridgehead atoms. The van der Waals surface area contributed by atoms with Gasteiger partial charge in [-0.2, -0.15) is 0 Å². The van der Waals surface area contributed by atoms with Gasteiger partial charge in [-0.05, 0) is 42.4 Å². The Morgan fingerprint density at radius 1 is 1.32 bits per heavy atom. The van der Waals surface area contributed by atoms with Crippen molar-refractivity contribution in [2.45, 2.75) is 25.7 Å². The molecule has 0 amide bonds. The molecule has 19 heavy (non-hydrogen) atoms. The summed E-state index contributed by atoms with van der Waals surface area (Å²) in [6, 6.07) is 3.58. The number of rotatable bonds is 7. The summed E-state index contributed by atoms with van der Waals surface area (Å²) in [7, 11) is -3.20. The van der Waals surface area contributed by atoms with Crippen LogP contribution in [0.25, 0.3) is 0 Å². The van der Waals surface area contributed by atoms with Crippen molar-refractivity contribution in [2.24, 2.45) is 5.41 Å². The van der Waals surface area contributed by atoms with Gasteiger partial charge in [0.15, 0.2) is 9.84 Å². The predicted octanol–water partition coefficient (Wildman–Crippen LogP) is 1.29. The van der Waals surface area contributed by atoms with E-state index in [2.05, 4.69) is 4.98 Å². The zero-order valence-electron chi connectivity index (χ0n) is 10.6. The van der Waals surface area contributed by atoms with Crippen molar-refractivity contribution in [3.8, 4) is 0 Å². The molecule has 1 aliphatic carbocycles. The van der Waals surface area contributed by atoms with Gasteiger partial charge in [-0.1, -0.05) is 0 Å². The molecule has 1 fully saturated rings. The monoisotopic (exact) mass is 283 g/mol. The summed E-state index contributed by atoms with van der Waals surface area (Å²) in [5.41, 5.74) is 0.435. The Bertz CT molecular complexity index is 549. The lowest BCUT2D eigenvalue weighted by atomic mass is 10.1. The zero-order chi connectivity index (χ0) is 13.9. The molecule has 0 atom stereocenters. The van der Waals surface area contributed by atoms with Gasteiger partial charge in [-0.25, -0.2) is 8.42 Å². The molecule has 2 rings (SSSR count). The van der Waals surface area contributed by atoms with E-state index < -0.39 is 21.2 Å². The molecular formula is C13H17NO4S. The number of carboxylic acids is 1. The quantitative estimate of drug-likeness (QED) is 0.815. The lowest BCUT2D eigenvalue weighted by molar-refractivity contribution is -0.138. The summed E-state index contributed by atoms with van der Waals surface area (Å²) in [5, 5.41) is 8.79. The van der Waals surface area contributed by atoms with Gasteiger partial charge in [0.2, 0.25) is 0 Å². The predicted molar refractivity (Wildman–Crippen MR) is 70.5 cm³/mol. The summed E-state index contributed by atoms with van der Waals surface area (Å²) in [6.07, 6.45) is 5.08. The van der Waals surface area contributed by atoms with Crippen molar-refractivity contribution in [1.82, 2.24) is 4.98 Å². The van der Waals surface area contributed by atoms with Crippen LogP contribution in [0.2, 0.25) is 0 Å². The van der Waals surface area contributed by atoms with E-state index in [1.807, 2.05) is 0 Å². The number of carbonyl (C=O) groups is 1. The second-order valence-electron chi connectivity index (χ2n) is 5.27. The first-order valence-corrected chi connectivity index (χ1v) is 8.04. The van der Waals surface area contributed by atoms with Crippen LogP contribution < -0.4 is 0 Å². The number of pyridine rings is 1. The van der Waals surface area contributed by atoms with Gasteiger partial charge in [-0.3, -0.25) is 9.78 Å². The van der Waals surface area contributed by atoms with Crippen LogP contribution in [0.5, 0.6) is 0 Å². The average Bonchev–Trinajstić information content (AvgIpc) is 3.05. The SMILES string of the molecule is O=C(O)CC1(CS(=O)(=O)CCc2ccncc2)CC1. The van der Waals surface area contributed by atoms with Gasteiger partial charge in [-0.15, -0.1) is 0 Å². The van der Waals surface area contributed by atoms with Crippen molar-refractivity contribution >= 4 is 15.8 Å². The standard InChI is InChI=1S/C13H17NO4S/c15-12(16)9-13(4-5-13)10-19(17,18)8-3-11-1-6-14-7-2-11/h1-2,6-7H,3-5,8-10H2,(H,15,16). The van der Waals surface area contributed by atoms with E-state index in [-0.39, 0.29) is 17.9 Å². The van der Waals surface area contributed by atoms with E-state index in [0.29, 0.717) is 19.3 Å². The highest BCUT2D eigenvalue weighted by molar-refractivity contribution is 7.91. The van der Waals surface area contributed by atoms with E-state index >= 15 is 0 Å². The van der Waals surface area contributed by atoms with Gasteiger partial charge in [0.05, 0.1) is 17.9 Å². The van der Waals surface area contributed by atoms with Gasteiger partial charge >= 0.3 is 5.97 Å². The maximum atomic E-state index is 12.0. The van der Waals surface area contributed by atoms with Crippen LogP contribution in [-0.2, 0) is 21.1 Å². The van der Waals surface area contributed by atoms with E-state index in [4.69, 9.17) is 5.11 Å². The third-order valence-corrected chi connectivity index (χ3v) is 5.34. The number of aromatic nitrogens is 1. The van der Waals surface area contributed by atoms with Crippen LogP contribution >= 0.6 is 0 Å². The first-order valence-electron chi connectivity index (χ1n) is 6.22. The first-order chi connectivity index (χ1) is 8.91. The fraction of sp³-hybridized carbons (Fsp3) is 0.538. The summed E-state index contributed by atoms with van der Waals surface area (Å²) < 4.78 is 24.1. The van der Waals surface area contributed by atoms with Crippen LogP contribution in [0.3, 0.4) is 0 Å². The summed E-state index contributed by atoms with van der Waals surface area (Å²) in [6.45, 7) is 0. The van der Waals surface area contributed by atoms with Crippen LogP contribution in [0.15, 0.2) is 24.5 Å². The van der Waals surface area contributed by atoms with Crippen LogP contribution in [-0.4, -0.2) is 36.0 Å². The average molecular weight is 283 g/mol. The minimum atomic E-state index is -3.20. The lowest BCUT2D eigenvalue weighted by Gasteiger charge is -2.12. The van der Waals surface area contributed by atoms with Gasteiger partial charge < -0.3 is 5.11 Å². The minimum absolute atomic E-state index is 0.00260. The molecule has 0 aliphatic heterocycles. The summed E-state index contributed by atoms with van der Waals surface area (Å²) in [4.78, 5) is 14.6. The maximum absolute atomic E-state index is 12.0. The zero-order valence-corrected chi connectivity index (χ0v) is 11.4. The highest BCUT2D eigenvalue weighted by Gasteiger charge is 2.47. The van der Waals surface area contributed by atoms with E-state index in [1.54, 1.807) is 24.5 Å². The van der Waals surface area contributed by atoms with Crippen molar-refractivity contribution in [3.05, 3.63) is 30.1 Å². The van der Waals surface area contributed by atoms with Gasteiger partial charge in [0.25, 0.3) is 0 Å². The Balaban J connectivity index is 1.91. The molecule has 1 saturated carbocycles. The topological polar surface area (TPSA) is 84.3 Å². The Labute approximate surface area is 112 Å². The maximum Gasteiger partial charge on any atom is 0.303 e. The molecule has 104 valence electrons. The molecule has 0 saturated heterocycles. The molecule has 6 heteroatoms. The Hall–Kier alpha value is -1.43. The number of aliphatic carboxylic acids is 1. The fourth-order valence-electron chi connectivity index (χ4n) is 2.23. The molecule has 0 radical (unpaired) electrons. The number of hydrogen-bond donors (Lipinski definition) is 1. The second kappa shape index (κ2) is 5.28. The normalized spacial score (nSPS) is 17.1. The molecule has 0 spiro atoms. The lowest BCUT2D eigenvalue weighted by Crippen LogP contribution is -2.23. The van der Waals surface area contributed by atoms with Crippen molar-refractivity contribution in [3.63, 3.8) is 0 Å². The van der Waals surface area contributed by atoms with Gasteiger partial charge in [0.1, 0.15) is 0 Å². The van der Waals surface area contributed by atoms with E-state index in [0.717, 1.165) is 5.56 Å². The summed E-state index contributed by atoms with van der Waals surface area (Å²) >= 11 is 0. The first kappa shape index (κ1) is 14.0. The molecule has 1 heterocycles.